The molecule has 122 valence electrons. The van der Waals surface area contributed by atoms with E-state index in [0.717, 1.165) is 5.56 Å². The van der Waals surface area contributed by atoms with Crippen LogP contribution in [0.1, 0.15) is 35.7 Å². The van der Waals surface area contributed by atoms with Crippen LogP contribution in [-0.2, 0) is 20.7 Å². The highest BCUT2D eigenvalue weighted by Gasteiger charge is 2.27. The fraction of sp³-hybridized carbons (Fsp3) is 0.400. The van der Waals surface area contributed by atoms with Crippen LogP contribution in [0, 0.1) is 0 Å². The lowest BCUT2D eigenvalue weighted by atomic mass is 9.79. The van der Waals surface area contributed by atoms with E-state index < -0.39 is 11.9 Å². The van der Waals surface area contributed by atoms with Crippen LogP contribution in [0.25, 0.3) is 0 Å². The van der Waals surface area contributed by atoms with Crippen molar-refractivity contribution in [3.8, 4) is 5.75 Å². The minimum absolute atomic E-state index is 0.0169. The van der Waals surface area contributed by atoms with Crippen molar-refractivity contribution in [3.63, 3.8) is 0 Å². The molecule has 0 spiro atoms. The van der Waals surface area contributed by atoms with E-state index in [0.29, 0.717) is 24.3 Å². The molecule has 1 aliphatic heterocycles. The van der Waals surface area contributed by atoms with Crippen molar-refractivity contribution < 1.29 is 23.8 Å². The molecular formula is C15H19BN2O5. The van der Waals surface area contributed by atoms with Crippen LogP contribution in [0.5, 0.6) is 5.75 Å². The number of esters is 1. The SMILES string of the molecule is CCOC(=O)c1cccc2c1OBC(NC(=O)CCC(N)=O)C2. The van der Waals surface area contributed by atoms with E-state index in [1.54, 1.807) is 19.1 Å². The van der Waals surface area contributed by atoms with Gasteiger partial charge in [0.1, 0.15) is 11.3 Å². The predicted octanol–water partition coefficient (Wildman–Crippen LogP) is -0.142. The van der Waals surface area contributed by atoms with E-state index in [-0.39, 0.29) is 32.2 Å². The maximum Gasteiger partial charge on any atom is 0.363 e. The second kappa shape index (κ2) is 7.67. The number of amides is 2. The second-order valence-electron chi connectivity index (χ2n) is 5.26. The average molecular weight is 318 g/mol. The monoisotopic (exact) mass is 318 g/mol. The molecule has 1 aliphatic rings. The molecule has 23 heavy (non-hydrogen) atoms. The number of rotatable bonds is 6. The zero-order chi connectivity index (χ0) is 16.8. The Kier molecular flexibility index (Phi) is 5.62. The van der Waals surface area contributed by atoms with Gasteiger partial charge in [0.2, 0.25) is 11.8 Å². The molecular weight excluding hydrogens is 299 g/mol. The fourth-order valence-electron chi connectivity index (χ4n) is 2.42. The lowest BCUT2D eigenvalue weighted by Crippen LogP contribution is -2.45. The number of hydrogen-bond acceptors (Lipinski definition) is 5. The first-order valence-electron chi connectivity index (χ1n) is 7.50. The van der Waals surface area contributed by atoms with E-state index in [1.165, 1.54) is 0 Å². The van der Waals surface area contributed by atoms with Gasteiger partial charge in [0.15, 0.2) is 0 Å². The molecule has 8 heteroatoms. The van der Waals surface area contributed by atoms with Crippen LogP contribution in [0.2, 0.25) is 0 Å². The van der Waals surface area contributed by atoms with Crippen molar-refractivity contribution in [2.24, 2.45) is 5.73 Å². The van der Waals surface area contributed by atoms with Crippen molar-refractivity contribution in [1.82, 2.24) is 5.32 Å². The number of hydrogen-bond donors (Lipinski definition) is 2. The molecule has 7 nitrogen and oxygen atoms in total. The number of fused-ring (bicyclic) bond motifs is 1. The summed E-state index contributed by atoms with van der Waals surface area (Å²) in [6, 6.07) is 5.26. The number of para-hydroxylation sites is 1. The number of nitrogens with one attached hydrogen (secondary N) is 1. The van der Waals surface area contributed by atoms with Crippen LogP contribution >= 0.6 is 0 Å². The summed E-state index contributed by atoms with van der Waals surface area (Å²) in [5, 5.41) is 2.80. The number of benzene rings is 1. The highest BCUT2D eigenvalue weighted by Crippen LogP contribution is 2.29. The van der Waals surface area contributed by atoms with Gasteiger partial charge in [-0.05, 0) is 25.0 Å². The molecule has 0 saturated carbocycles. The minimum atomic E-state index is -0.510. The van der Waals surface area contributed by atoms with Gasteiger partial charge in [-0.3, -0.25) is 9.59 Å². The molecule has 0 radical (unpaired) electrons. The van der Waals surface area contributed by atoms with Gasteiger partial charge in [0, 0.05) is 18.8 Å². The maximum atomic E-state index is 11.9. The van der Waals surface area contributed by atoms with Gasteiger partial charge in [0.25, 0.3) is 0 Å². The highest BCUT2D eigenvalue weighted by atomic mass is 16.5. The third kappa shape index (κ3) is 4.48. The summed E-state index contributed by atoms with van der Waals surface area (Å²) in [5.41, 5.74) is 6.25. The number of nitrogens with two attached hydrogens (primary N) is 1. The van der Waals surface area contributed by atoms with Gasteiger partial charge in [-0.1, -0.05) is 12.1 Å². The molecule has 1 atom stereocenters. The lowest BCUT2D eigenvalue weighted by Gasteiger charge is -2.26. The summed E-state index contributed by atoms with van der Waals surface area (Å²) in [6.45, 7) is 2.03. The Morgan fingerprint density at radius 1 is 1.39 bits per heavy atom. The third-order valence-corrected chi connectivity index (χ3v) is 3.45. The van der Waals surface area contributed by atoms with E-state index in [2.05, 4.69) is 5.32 Å². The largest absolute Gasteiger partial charge is 0.561 e. The van der Waals surface area contributed by atoms with Crippen LogP contribution in [0.3, 0.4) is 0 Å². The molecule has 2 rings (SSSR count). The lowest BCUT2D eigenvalue weighted by molar-refractivity contribution is -0.125. The normalized spacial score (nSPS) is 15.6. The van der Waals surface area contributed by atoms with E-state index >= 15 is 0 Å². The average Bonchev–Trinajstić information content (AvgIpc) is 2.52. The molecule has 0 saturated heterocycles. The van der Waals surface area contributed by atoms with E-state index in [1.807, 2.05) is 6.07 Å². The molecule has 0 aromatic heterocycles. The molecule has 1 aromatic carbocycles. The minimum Gasteiger partial charge on any atom is -0.561 e. The molecule has 2 amide bonds. The van der Waals surface area contributed by atoms with Crippen LogP contribution < -0.4 is 15.7 Å². The van der Waals surface area contributed by atoms with Crippen molar-refractivity contribution in [2.45, 2.75) is 32.1 Å². The molecule has 1 aromatic rings. The van der Waals surface area contributed by atoms with Crippen LogP contribution in [-0.4, -0.2) is 37.8 Å². The Morgan fingerprint density at radius 2 is 2.17 bits per heavy atom. The first-order chi connectivity index (χ1) is 11.0. The summed E-state index contributed by atoms with van der Waals surface area (Å²) in [4.78, 5) is 34.3. The number of carbonyl (C=O) groups is 3. The van der Waals surface area contributed by atoms with Gasteiger partial charge in [-0.15, -0.1) is 0 Å². The summed E-state index contributed by atoms with van der Waals surface area (Å²) in [6.07, 6.45) is 0.620. The van der Waals surface area contributed by atoms with Crippen molar-refractivity contribution >= 4 is 25.3 Å². The van der Waals surface area contributed by atoms with Crippen molar-refractivity contribution in [2.75, 3.05) is 6.61 Å². The molecule has 0 bridgehead atoms. The fourth-order valence-corrected chi connectivity index (χ4v) is 2.42. The molecule has 1 unspecified atom stereocenters. The highest BCUT2D eigenvalue weighted by molar-refractivity contribution is 6.32. The second-order valence-corrected chi connectivity index (χ2v) is 5.26. The Bertz CT molecular complexity index is 620. The summed E-state index contributed by atoms with van der Waals surface area (Å²) < 4.78 is 10.7. The number of carbonyl (C=O) groups excluding carboxylic acids is 3. The zero-order valence-corrected chi connectivity index (χ0v) is 13.0. The Morgan fingerprint density at radius 3 is 2.87 bits per heavy atom. The van der Waals surface area contributed by atoms with Crippen LogP contribution in [0.4, 0.5) is 0 Å². The van der Waals surface area contributed by atoms with Gasteiger partial charge in [-0.2, -0.15) is 0 Å². The van der Waals surface area contributed by atoms with Gasteiger partial charge < -0.3 is 20.4 Å². The Hall–Kier alpha value is -2.51. The Balaban J connectivity index is 2.01. The predicted molar refractivity (Wildman–Crippen MR) is 84.2 cm³/mol. The molecule has 0 aliphatic carbocycles. The Labute approximate surface area is 134 Å². The molecule has 1 heterocycles. The van der Waals surface area contributed by atoms with Gasteiger partial charge in [0.05, 0.1) is 6.61 Å². The standard InChI is InChI=1S/C15H19BN2O5/c1-2-22-15(21)10-5-3-4-9-8-11(16-23-14(9)10)18-13(20)7-6-12(17)19/h3-5,11,16H,2,6-8H2,1H3,(H2,17,19)(H,18,20). The first kappa shape index (κ1) is 16.9. The van der Waals surface area contributed by atoms with Crippen LogP contribution in [0.15, 0.2) is 18.2 Å². The summed E-state index contributed by atoms with van der Waals surface area (Å²) in [5.74, 6) is -0.880. The first-order valence-corrected chi connectivity index (χ1v) is 7.50. The summed E-state index contributed by atoms with van der Waals surface area (Å²) in [7, 11) is 0.256. The van der Waals surface area contributed by atoms with Gasteiger partial charge in [-0.25, -0.2) is 4.79 Å². The quantitative estimate of drug-likeness (QED) is 0.560. The molecule has 0 fully saturated rings. The van der Waals surface area contributed by atoms with Crippen molar-refractivity contribution in [1.29, 1.82) is 0 Å². The number of primary amides is 1. The third-order valence-electron chi connectivity index (χ3n) is 3.45. The van der Waals surface area contributed by atoms with E-state index in [9.17, 15) is 14.4 Å². The van der Waals surface area contributed by atoms with E-state index in [4.69, 9.17) is 15.1 Å². The smallest absolute Gasteiger partial charge is 0.363 e. The number of ether oxygens (including phenoxy) is 1. The summed E-state index contributed by atoms with van der Waals surface area (Å²) >= 11 is 0. The zero-order valence-electron chi connectivity index (χ0n) is 13.0. The topological polar surface area (TPSA) is 108 Å². The van der Waals surface area contributed by atoms with Gasteiger partial charge >= 0.3 is 13.5 Å². The van der Waals surface area contributed by atoms with Crippen molar-refractivity contribution in [3.05, 3.63) is 29.3 Å². The maximum absolute atomic E-state index is 11.9. The molecule has 3 N–H and O–H groups in total.